The van der Waals surface area contributed by atoms with E-state index in [1.54, 1.807) is 0 Å². The van der Waals surface area contributed by atoms with Gasteiger partial charge in [-0.3, -0.25) is 14.9 Å². The third-order valence-electron chi connectivity index (χ3n) is 5.47. The maximum Gasteiger partial charge on any atom is 0.237 e. The summed E-state index contributed by atoms with van der Waals surface area (Å²) in [7, 11) is 0. The van der Waals surface area contributed by atoms with Crippen LogP contribution >= 0.6 is 0 Å². The summed E-state index contributed by atoms with van der Waals surface area (Å²) in [4.78, 5) is 24.2. The summed E-state index contributed by atoms with van der Waals surface area (Å²) in [6.45, 7) is 3.97. The van der Waals surface area contributed by atoms with Gasteiger partial charge in [-0.05, 0) is 57.2 Å². The van der Waals surface area contributed by atoms with Crippen molar-refractivity contribution in [2.75, 3.05) is 5.32 Å². The van der Waals surface area contributed by atoms with Crippen LogP contribution in [-0.2, 0) is 9.59 Å². The van der Waals surface area contributed by atoms with E-state index in [-0.39, 0.29) is 29.8 Å². The Morgan fingerprint density at radius 3 is 2.23 bits per heavy atom. The molecule has 2 aliphatic rings. The van der Waals surface area contributed by atoms with Gasteiger partial charge in [-0.1, -0.05) is 31.4 Å². The Morgan fingerprint density at radius 2 is 1.62 bits per heavy atom. The first kappa shape index (κ1) is 18.9. The standard InChI is InChI=1S/C21H31N3O2/c1-14(22-15(2)20(25)23-18-6-4-3-5-7-18)16-10-12-19(13-11-16)24-21(26)17-8-9-17/h10-15,17-18,22H,3-9H2,1-2H3,(H,23,25)(H,24,26)/t14-,15+/m1/s1. The van der Waals surface area contributed by atoms with Gasteiger partial charge < -0.3 is 10.6 Å². The van der Waals surface area contributed by atoms with Gasteiger partial charge in [0.1, 0.15) is 0 Å². The van der Waals surface area contributed by atoms with Crippen molar-refractivity contribution in [2.45, 2.75) is 76.9 Å². The van der Waals surface area contributed by atoms with Gasteiger partial charge in [0.05, 0.1) is 6.04 Å². The predicted octanol–water partition coefficient (Wildman–Crippen LogP) is 3.52. The molecule has 3 rings (SSSR count). The number of carbonyl (C=O) groups is 2. The zero-order valence-corrected chi connectivity index (χ0v) is 15.9. The van der Waals surface area contributed by atoms with Crippen molar-refractivity contribution in [1.29, 1.82) is 0 Å². The predicted molar refractivity (Wildman–Crippen MR) is 104 cm³/mol. The summed E-state index contributed by atoms with van der Waals surface area (Å²) in [6, 6.07) is 8.04. The molecule has 2 fully saturated rings. The van der Waals surface area contributed by atoms with Crippen LogP contribution in [-0.4, -0.2) is 23.9 Å². The van der Waals surface area contributed by atoms with E-state index in [2.05, 4.69) is 22.9 Å². The lowest BCUT2D eigenvalue weighted by Crippen LogP contribution is -2.47. The number of amides is 2. The Bertz CT molecular complexity index is 619. The summed E-state index contributed by atoms with van der Waals surface area (Å²) in [6.07, 6.45) is 7.93. The number of hydrogen-bond donors (Lipinski definition) is 3. The highest BCUT2D eigenvalue weighted by Crippen LogP contribution is 2.30. The molecular weight excluding hydrogens is 326 g/mol. The van der Waals surface area contributed by atoms with E-state index >= 15 is 0 Å². The third kappa shape index (κ3) is 5.31. The zero-order valence-electron chi connectivity index (χ0n) is 15.9. The summed E-state index contributed by atoms with van der Waals surface area (Å²) in [5, 5.41) is 9.50. The van der Waals surface area contributed by atoms with Crippen molar-refractivity contribution >= 4 is 17.5 Å². The third-order valence-corrected chi connectivity index (χ3v) is 5.47. The number of carbonyl (C=O) groups excluding carboxylic acids is 2. The Kier molecular flexibility index (Phi) is 6.30. The molecule has 0 aliphatic heterocycles. The minimum atomic E-state index is -0.235. The molecule has 3 N–H and O–H groups in total. The maximum absolute atomic E-state index is 12.4. The lowest BCUT2D eigenvalue weighted by atomic mass is 9.95. The highest BCUT2D eigenvalue weighted by Gasteiger charge is 2.29. The van der Waals surface area contributed by atoms with Crippen molar-refractivity contribution in [2.24, 2.45) is 5.92 Å². The van der Waals surface area contributed by atoms with Crippen LogP contribution in [0.5, 0.6) is 0 Å². The SMILES string of the molecule is C[C@H](N[C@H](C)c1ccc(NC(=O)C2CC2)cc1)C(=O)NC1CCCCC1. The zero-order chi connectivity index (χ0) is 18.5. The van der Waals surface area contributed by atoms with Gasteiger partial charge in [-0.2, -0.15) is 0 Å². The van der Waals surface area contributed by atoms with Crippen LogP contribution in [0.3, 0.4) is 0 Å². The molecule has 0 saturated heterocycles. The number of rotatable bonds is 7. The van der Waals surface area contributed by atoms with Crippen LogP contribution < -0.4 is 16.0 Å². The van der Waals surface area contributed by atoms with E-state index in [0.717, 1.165) is 36.9 Å². The van der Waals surface area contributed by atoms with Gasteiger partial charge in [0, 0.05) is 23.7 Å². The van der Waals surface area contributed by atoms with E-state index in [0.29, 0.717) is 6.04 Å². The average molecular weight is 357 g/mol. The van der Waals surface area contributed by atoms with Gasteiger partial charge in [0.25, 0.3) is 0 Å². The number of benzene rings is 1. The van der Waals surface area contributed by atoms with E-state index < -0.39 is 0 Å². The van der Waals surface area contributed by atoms with Crippen LogP contribution in [0.2, 0.25) is 0 Å². The van der Waals surface area contributed by atoms with E-state index in [9.17, 15) is 9.59 Å². The Labute approximate surface area is 156 Å². The van der Waals surface area contributed by atoms with Crippen LogP contribution in [0.15, 0.2) is 24.3 Å². The van der Waals surface area contributed by atoms with Crippen molar-refractivity contribution in [3.63, 3.8) is 0 Å². The molecule has 2 amide bonds. The number of anilines is 1. The van der Waals surface area contributed by atoms with E-state index in [1.807, 2.05) is 31.2 Å². The second-order valence-corrected chi connectivity index (χ2v) is 7.84. The van der Waals surface area contributed by atoms with Crippen LogP contribution in [0.1, 0.15) is 70.4 Å². The van der Waals surface area contributed by atoms with Gasteiger partial charge in [-0.25, -0.2) is 0 Å². The summed E-state index contributed by atoms with van der Waals surface area (Å²) in [5.41, 5.74) is 1.94. The van der Waals surface area contributed by atoms with Crippen LogP contribution in [0, 0.1) is 5.92 Å². The smallest absolute Gasteiger partial charge is 0.237 e. The first-order chi connectivity index (χ1) is 12.5. The van der Waals surface area contributed by atoms with Gasteiger partial charge in [-0.15, -0.1) is 0 Å². The summed E-state index contributed by atoms with van der Waals surface area (Å²) >= 11 is 0. The first-order valence-electron chi connectivity index (χ1n) is 10.00. The molecule has 142 valence electrons. The Morgan fingerprint density at radius 1 is 0.962 bits per heavy atom. The molecule has 0 unspecified atom stereocenters. The maximum atomic E-state index is 12.4. The molecule has 0 radical (unpaired) electrons. The highest BCUT2D eigenvalue weighted by molar-refractivity contribution is 5.94. The van der Waals surface area contributed by atoms with Crippen LogP contribution in [0.4, 0.5) is 5.69 Å². The van der Waals surface area contributed by atoms with E-state index in [4.69, 9.17) is 0 Å². The van der Waals surface area contributed by atoms with Crippen molar-refractivity contribution in [3.05, 3.63) is 29.8 Å². The summed E-state index contributed by atoms with van der Waals surface area (Å²) in [5.74, 6) is 0.410. The lowest BCUT2D eigenvalue weighted by molar-refractivity contribution is -0.124. The molecule has 5 heteroatoms. The molecule has 5 nitrogen and oxygen atoms in total. The average Bonchev–Trinajstić information content (AvgIpc) is 3.48. The van der Waals surface area contributed by atoms with Crippen molar-refractivity contribution < 1.29 is 9.59 Å². The van der Waals surface area contributed by atoms with Crippen molar-refractivity contribution in [1.82, 2.24) is 10.6 Å². The minimum Gasteiger partial charge on any atom is -0.352 e. The monoisotopic (exact) mass is 357 g/mol. The summed E-state index contributed by atoms with van der Waals surface area (Å²) < 4.78 is 0. The minimum absolute atomic E-state index is 0.0651. The molecular formula is C21H31N3O2. The topological polar surface area (TPSA) is 70.2 Å². The number of nitrogens with one attached hydrogen (secondary N) is 3. The first-order valence-corrected chi connectivity index (χ1v) is 10.00. The normalized spacial score (nSPS) is 20.2. The lowest BCUT2D eigenvalue weighted by Gasteiger charge is -2.26. The molecule has 0 heterocycles. The van der Waals surface area contributed by atoms with Gasteiger partial charge in [0.15, 0.2) is 0 Å². The van der Waals surface area contributed by atoms with E-state index in [1.165, 1.54) is 19.3 Å². The molecule has 2 atom stereocenters. The molecule has 0 aromatic heterocycles. The molecule has 2 aliphatic carbocycles. The molecule has 26 heavy (non-hydrogen) atoms. The fourth-order valence-electron chi connectivity index (χ4n) is 3.56. The molecule has 1 aromatic rings. The Hall–Kier alpha value is -1.88. The highest BCUT2D eigenvalue weighted by atomic mass is 16.2. The molecule has 1 aromatic carbocycles. The Balaban J connectivity index is 1.47. The molecule has 0 spiro atoms. The second-order valence-electron chi connectivity index (χ2n) is 7.84. The molecule has 0 bridgehead atoms. The number of hydrogen-bond acceptors (Lipinski definition) is 3. The second kappa shape index (κ2) is 8.67. The molecule has 2 saturated carbocycles. The van der Waals surface area contributed by atoms with Gasteiger partial charge in [0.2, 0.25) is 11.8 Å². The largest absolute Gasteiger partial charge is 0.352 e. The van der Waals surface area contributed by atoms with Crippen molar-refractivity contribution in [3.8, 4) is 0 Å². The fraction of sp³-hybridized carbons (Fsp3) is 0.619. The quantitative estimate of drug-likeness (QED) is 0.699. The van der Waals surface area contributed by atoms with Gasteiger partial charge >= 0.3 is 0 Å². The van der Waals surface area contributed by atoms with Crippen LogP contribution in [0.25, 0.3) is 0 Å². The fourth-order valence-corrected chi connectivity index (χ4v) is 3.56.